The molecule has 0 bridgehead atoms. The van der Waals surface area contributed by atoms with Gasteiger partial charge in [0.05, 0.1) is 29.6 Å². The van der Waals surface area contributed by atoms with Crippen molar-refractivity contribution in [3.63, 3.8) is 0 Å². The van der Waals surface area contributed by atoms with Crippen molar-refractivity contribution in [2.75, 3.05) is 14.2 Å². The smallest absolute Gasteiger partial charge is 0.275 e. The number of amides is 1. The van der Waals surface area contributed by atoms with Gasteiger partial charge in [-0.2, -0.15) is 5.10 Å². The van der Waals surface area contributed by atoms with Crippen LogP contribution in [0, 0.1) is 3.57 Å². The van der Waals surface area contributed by atoms with E-state index in [4.69, 9.17) is 25.8 Å². The van der Waals surface area contributed by atoms with Gasteiger partial charge in [0.15, 0.2) is 11.5 Å². The minimum Gasteiger partial charge on any atom is -0.496 e. The minimum atomic E-state index is -0.385. The van der Waals surface area contributed by atoms with Crippen LogP contribution < -0.4 is 19.6 Å². The molecule has 0 aliphatic carbocycles. The van der Waals surface area contributed by atoms with Crippen molar-refractivity contribution in [3.8, 4) is 17.2 Å². The van der Waals surface area contributed by atoms with Crippen molar-refractivity contribution in [2.24, 2.45) is 5.10 Å². The second-order valence-electron chi connectivity index (χ2n) is 6.49. The van der Waals surface area contributed by atoms with E-state index in [1.165, 1.54) is 13.3 Å². The van der Waals surface area contributed by atoms with Gasteiger partial charge < -0.3 is 14.2 Å². The highest BCUT2D eigenvalue weighted by Crippen LogP contribution is 2.34. The molecule has 0 radical (unpaired) electrons. The first kappa shape index (κ1) is 24.3. The van der Waals surface area contributed by atoms with Crippen molar-refractivity contribution < 1.29 is 19.0 Å². The van der Waals surface area contributed by atoms with Gasteiger partial charge >= 0.3 is 0 Å². The molecule has 1 amide bonds. The van der Waals surface area contributed by atoms with Crippen LogP contribution in [0.15, 0.2) is 64.2 Å². The molecule has 0 saturated carbocycles. The van der Waals surface area contributed by atoms with E-state index in [2.05, 4.69) is 49.0 Å². The summed E-state index contributed by atoms with van der Waals surface area (Å²) in [5.41, 5.74) is 4.62. The van der Waals surface area contributed by atoms with E-state index in [9.17, 15) is 4.79 Å². The highest BCUT2D eigenvalue weighted by Gasteiger charge is 2.13. The van der Waals surface area contributed by atoms with E-state index in [0.29, 0.717) is 34.4 Å². The quantitative estimate of drug-likeness (QED) is 0.187. The van der Waals surface area contributed by atoms with E-state index >= 15 is 0 Å². The zero-order valence-corrected chi connectivity index (χ0v) is 21.7. The number of carbonyl (C=O) groups is 1. The van der Waals surface area contributed by atoms with Crippen molar-refractivity contribution in [1.82, 2.24) is 5.43 Å². The van der Waals surface area contributed by atoms with Crippen molar-refractivity contribution in [1.29, 1.82) is 0 Å². The fourth-order valence-corrected chi connectivity index (χ4v) is 4.04. The number of hydrogen-bond acceptors (Lipinski definition) is 5. The molecule has 0 aromatic heterocycles. The van der Waals surface area contributed by atoms with E-state index in [0.717, 1.165) is 19.2 Å². The third-order valence-corrected chi connectivity index (χ3v) is 5.88. The van der Waals surface area contributed by atoms with Crippen molar-refractivity contribution in [2.45, 2.75) is 6.61 Å². The standard InChI is InChI=1S/C23H19BrClIN2O4/c1-30-20-8-5-16(24)11-18(20)23(29)28-27-12-15-9-19(26)22(21(10-15)31-2)32-13-14-3-6-17(25)7-4-14/h3-12H,13H2,1-2H3,(H,28,29)/b27-12-. The summed E-state index contributed by atoms with van der Waals surface area (Å²) in [6.07, 6.45) is 1.54. The second kappa shape index (κ2) is 11.5. The molecule has 0 atom stereocenters. The van der Waals surface area contributed by atoms with Gasteiger partial charge in [-0.05, 0) is 76.2 Å². The number of rotatable bonds is 8. The van der Waals surface area contributed by atoms with Crippen LogP contribution in [0.1, 0.15) is 21.5 Å². The minimum absolute atomic E-state index is 0.372. The molecular formula is C23H19BrClIN2O4. The van der Waals surface area contributed by atoms with Gasteiger partial charge in [0.25, 0.3) is 5.91 Å². The van der Waals surface area contributed by atoms with Crippen LogP contribution in [-0.4, -0.2) is 26.3 Å². The molecule has 9 heteroatoms. The fraction of sp³-hybridized carbons (Fsp3) is 0.130. The van der Waals surface area contributed by atoms with Gasteiger partial charge in [0.1, 0.15) is 12.4 Å². The maximum Gasteiger partial charge on any atom is 0.275 e. The summed E-state index contributed by atoms with van der Waals surface area (Å²) in [6.45, 7) is 0.376. The summed E-state index contributed by atoms with van der Waals surface area (Å²) >= 11 is 11.5. The number of hydrogen-bond donors (Lipinski definition) is 1. The number of benzene rings is 3. The average Bonchev–Trinajstić information content (AvgIpc) is 2.79. The third kappa shape index (κ3) is 6.36. The Morgan fingerprint density at radius 1 is 1.09 bits per heavy atom. The molecular weight excluding hydrogens is 611 g/mol. The zero-order chi connectivity index (χ0) is 23.1. The lowest BCUT2D eigenvalue weighted by atomic mass is 10.2. The van der Waals surface area contributed by atoms with E-state index in [-0.39, 0.29) is 5.91 Å². The van der Waals surface area contributed by atoms with Gasteiger partial charge in [-0.25, -0.2) is 5.43 Å². The Kier molecular flexibility index (Phi) is 8.77. The van der Waals surface area contributed by atoms with Gasteiger partial charge in [0.2, 0.25) is 0 Å². The molecule has 166 valence electrons. The lowest BCUT2D eigenvalue weighted by Crippen LogP contribution is -2.18. The fourth-order valence-electron chi connectivity index (χ4n) is 2.77. The van der Waals surface area contributed by atoms with Crippen LogP contribution in [0.4, 0.5) is 0 Å². The molecule has 0 saturated heterocycles. The summed E-state index contributed by atoms with van der Waals surface area (Å²) in [4.78, 5) is 12.5. The number of carbonyl (C=O) groups excluding carboxylic acids is 1. The Balaban J connectivity index is 1.71. The SMILES string of the molecule is COc1ccc(Br)cc1C(=O)N/N=C\c1cc(I)c(OCc2ccc(Cl)cc2)c(OC)c1. The number of ether oxygens (including phenoxy) is 3. The second-order valence-corrected chi connectivity index (χ2v) is 9.01. The molecule has 0 heterocycles. The Morgan fingerprint density at radius 2 is 1.81 bits per heavy atom. The summed E-state index contributed by atoms with van der Waals surface area (Å²) < 4.78 is 18.3. The van der Waals surface area contributed by atoms with Gasteiger partial charge in [0, 0.05) is 9.50 Å². The monoisotopic (exact) mass is 628 g/mol. The Bertz CT molecular complexity index is 1140. The molecule has 0 unspecified atom stereocenters. The largest absolute Gasteiger partial charge is 0.496 e. The molecule has 6 nitrogen and oxygen atoms in total. The van der Waals surface area contributed by atoms with Crippen molar-refractivity contribution >= 4 is 62.2 Å². The first-order valence-electron chi connectivity index (χ1n) is 9.33. The van der Waals surface area contributed by atoms with Crippen LogP contribution in [-0.2, 0) is 6.61 Å². The lowest BCUT2D eigenvalue weighted by Gasteiger charge is -2.13. The lowest BCUT2D eigenvalue weighted by molar-refractivity contribution is 0.0952. The normalized spacial score (nSPS) is 10.8. The van der Waals surface area contributed by atoms with Crippen LogP contribution in [0.3, 0.4) is 0 Å². The molecule has 3 aromatic carbocycles. The van der Waals surface area contributed by atoms with E-state index < -0.39 is 0 Å². The molecule has 0 aliphatic heterocycles. The first-order valence-corrected chi connectivity index (χ1v) is 11.6. The first-order chi connectivity index (χ1) is 15.4. The van der Waals surface area contributed by atoms with Crippen molar-refractivity contribution in [3.05, 3.63) is 84.4 Å². The predicted molar refractivity (Wildman–Crippen MR) is 137 cm³/mol. The highest BCUT2D eigenvalue weighted by atomic mass is 127. The van der Waals surface area contributed by atoms with Gasteiger partial charge in [-0.1, -0.05) is 39.7 Å². The molecule has 3 aromatic rings. The van der Waals surface area contributed by atoms with E-state index in [1.807, 2.05) is 30.3 Å². The Morgan fingerprint density at radius 3 is 2.50 bits per heavy atom. The van der Waals surface area contributed by atoms with Gasteiger partial charge in [-0.15, -0.1) is 0 Å². The highest BCUT2D eigenvalue weighted by molar-refractivity contribution is 14.1. The molecule has 32 heavy (non-hydrogen) atoms. The number of nitrogens with one attached hydrogen (secondary N) is 1. The van der Waals surface area contributed by atoms with E-state index in [1.54, 1.807) is 31.4 Å². The maximum atomic E-state index is 12.5. The Labute approximate surface area is 213 Å². The van der Waals surface area contributed by atoms with Crippen LogP contribution in [0.5, 0.6) is 17.2 Å². The number of methoxy groups -OCH3 is 2. The number of nitrogens with zero attached hydrogens (tertiary/aromatic N) is 1. The third-order valence-electron chi connectivity index (χ3n) is 4.33. The molecule has 0 aliphatic rings. The van der Waals surface area contributed by atoms with Crippen LogP contribution in [0.2, 0.25) is 5.02 Å². The van der Waals surface area contributed by atoms with Crippen LogP contribution >= 0.6 is 50.1 Å². The molecule has 0 fully saturated rings. The summed E-state index contributed by atoms with van der Waals surface area (Å²) in [5.74, 6) is 1.26. The zero-order valence-electron chi connectivity index (χ0n) is 17.2. The summed E-state index contributed by atoms with van der Waals surface area (Å²) in [6, 6.07) is 16.3. The molecule has 0 spiro atoms. The molecule has 1 N–H and O–H groups in total. The van der Waals surface area contributed by atoms with Gasteiger partial charge in [-0.3, -0.25) is 4.79 Å². The topological polar surface area (TPSA) is 69.2 Å². The predicted octanol–water partition coefficient (Wildman–Crippen LogP) is 6.07. The number of halogens is 3. The average molecular weight is 630 g/mol. The number of hydrazone groups is 1. The molecule has 3 rings (SSSR count). The Hall–Kier alpha value is -2.30. The van der Waals surface area contributed by atoms with Crippen LogP contribution in [0.25, 0.3) is 0 Å². The summed E-state index contributed by atoms with van der Waals surface area (Å²) in [5, 5.41) is 4.74. The summed E-state index contributed by atoms with van der Waals surface area (Å²) in [7, 11) is 3.08. The maximum absolute atomic E-state index is 12.5.